The summed E-state index contributed by atoms with van der Waals surface area (Å²) in [5.41, 5.74) is 0. The highest BCUT2D eigenvalue weighted by Crippen LogP contribution is 2.23. The second-order valence-corrected chi connectivity index (χ2v) is 9.09. The highest BCUT2D eigenvalue weighted by Gasteiger charge is 1.97. The number of hydrogen-bond acceptors (Lipinski definition) is 3. The molecule has 0 radical (unpaired) electrons. The molecule has 0 aromatic carbocycles. The molecule has 138 valence electrons. The summed E-state index contributed by atoms with van der Waals surface area (Å²) < 4.78 is 0. The van der Waals surface area contributed by atoms with E-state index in [9.17, 15) is 4.79 Å². The molecule has 0 saturated carbocycles. The fourth-order valence-corrected chi connectivity index (χ4v) is 4.87. The molecule has 0 aromatic heterocycles. The van der Waals surface area contributed by atoms with Crippen molar-refractivity contribution >= 4 is 27.6 Å². The Kier molecular flexibility index (Phi) is 20.4. The Balaban J connectivity index is 2.96. The first kappa shape index (κ1) is 23.2. The monoisotopic (exact) mass is 362 g/mol. The second-order valence-electron chi connectivity index (χ2n) is 6.38. The summed E-state index contributed by atoms with van der Waals surface area (Å²) in [5, 5.41) is 8.55. The summed E-state index contributed by atoms with van der Waals surface area (Å²) >= 11 is 0. The molecule has 0 amide bonds. The normalized spacial score (nSPS) is 11.0. The summed E-state index contributed by atoms with van der Waals surface area (Å²) in [6, 6.07) is 0. The van der Waals surface area contributed by atoms with Crippen LogP contribution in [0.25, 0.3) is 0 Å². The summed E-state index contributed by atoms with van der Waals surface area (Å²) in [6.07, 6.45) is 18.6. The van der Waals surface area contributed by atoms with Gasteiger partial charge >= 0.3 is 5.97 Å². The Morgan fingerprint density at radius 1 is 0.652 bits per heavy atom. The molecule has 0 heterocycles. The molecule has 0 fully saturated rings. The van der Waals surface area contributed by atoms with Crippen LogP contribution in [0.4, 0.5) is 0 Å². The number of rotatable bonds is 19. The minimum absolute atomic E-state index is 0.344. The molecule has 0 saturated heterocycles. The SMILES string of the molecule is CCCSSCCCCCCCCCCCCCCCC(=O)O. The molecule has 0 rings (SSSR count). The fraction of sp³-hybridized carbons (Fsp3) is 0.947. The third-order valence-corrected chi connectivity index (χ3v) is 6.69. The molecule has 0 atom stereocenters. The number of carboxylic acid groups (broad SMARTS) is 1. The molecule has 0 aliphatic rings. The Morgan fingerprint density at radius 2 is 1.04 bits per heavy atom. The third kappa shape index (κ3) is 22.2. The maximum absolute atomic E-state index is 10.4. The lowest BCUT2D eigenvalue weighted by molar-refractivity contribution is -0.137. The van der Waals surface area contributed by atoms with Gasteiger partial charge in [0.05, 0.1) is 0 Å². The second kappa shape index (κ2) is 20.2. The van der Waals surface area contributed by atoms with Crippen LogP contribution in [-0.4, -0.2) is 22.6 Å². The van der Waals surface area contributed by atoms with E-state index in [1.807, 2.05) is 10.8 Å². The number of hydrogen-bond donors (Lipinski definition) is 1. The van der Waals surface area contributed by atoms with Gasteiger partial charge in [-0.2, -0.15) is 0 Å². The van der Waals surface area contributed by atoms with Crippen molar-refractivity contribution in [2.75, 3.05) is 11.5 Å². The first-order valence-electron chi connectivity index (χ1n) is 9.73. The lowest BCUT2D eigenvalue weighted by Gasteiger charge is -2.03. The van der Waals surface area contributed by atoms with Crippen LogP contribution in [0, 0.1) is 0 Å². The van der Waals surface area contributed by atoms with Gasteiger partial charge in [-0.25, -0.2) is 0 Å². The summed E-state index contributed by atoms with van der Waals surface area (Å²) in [6.45, 7) is 2.25. The van der Waals surface area contributed by atoms with Crippen LogP contribution in [0.5, 0.6) is 0 Å². The lowest BCUT2D eigenvalue weighted by Crippen LogP contribution is -1.93. The number of unbranched alkanes of at least 4 members (excludes halogenated alkanes) is 12. The zero-order valence-corrected chi connectivity index (χ0v) is 16.8. The quantitative estimate of drug-likeness (QED) is 0.193. The largest absolute Gasteiger partial charge is 0.481 e. The van der Waals surface area contributed by atoms with Gasteiger partial charge in [-0.1, -0.05) is 99.1 Å². The van der Waals surface area contributed by atoms with Crippen molar-refractivity contribution in [3.8, 4) is 0 Å². The van der Waals surface area contributed by atoms with Crippen LogP contribution < -0.4 is 0 Å². The molecule has 0 aromatic rings. The van der Waals surface area contributed by atoms with E-state index in [-0.39, 0.29) is 0 Å². The Bertz CT molecular complexity index is 248. The van der Waals surface area contributed by atoms with E-state index in [2.05, 4.69) is 17.7 Å². The maximum Gasteiger partial charge on any atom is 0.303 e. The maximum atomic E-state index is 10.4. The standard InChI is InChI=1S/C19H38O2S2/c1-2-17-22-23-18-15-13-11-9-7-5-3-4-6-8-10-12-14-16-19(20)21/h2-18H2,1H3,(H,20,21). The predicted molar refractivity (Wildman–Crippen MR) is 107 cm³/mol. The van der Waals surface area contributed by atoms with Gasteiger partial charge in [0, 0.05) is 17.9 Å². The molecular formula is C19H38O2S2. The first-order chi connectivity index (χ1) is 11.3. The molecular weight excluding hydrogens is 324 g/mol. The Hall–Kier alpha value is 0.170. The zero-order valence-electron chi connectivity index (χ0n) is 15.2. The van der Waals surface area contributed by atoms with Gasteiger partial charge in [0.25, 0.3) is 0 Å². The number of carbonyl (C=O) groups is 1. The van der Waals surface area contributed by atoms with Crippen molar-refractivity contribution in [2.45, 2.75) is 103 Å². The average molecular weight is 363 g/mol. The van der Waals surface area contributed by atoms with Crippen molar-refractivity contribution in [1.82, 2.24) is 0 Å². The first-order valence-corrected chi connectivity index (χ1v) is 12.2. The van der Waals surface area contributed by atoms with Crippen molar-refractivity contribution in [3.05, 3.63) is 0 Å². The molecule has 0 spiro atoms. The van der Waals surface area contributed by atoms with Crippen molar-refractivity contribution in [1.29, 1.82) is 0 Å². The van der Waals surface area contributed by atoms with Crippen LogP contribution in [0.2, 0.25) is 0 Å². The van der Waals surface area contributed by atoms with E-state index >= 15 is 0 Å². The summed E-state index contributed by atoms with van der Waals surface area (Å²) in [7, 11) is 4.08. The van der Waals surface area contributed by atoms with E-state index in [1.54, 1.807) is 0 Å². The van der Waals surface area contributed by atoms with Crippen LogP contribution >= 0.6 is 21.6 Å². The van der Waals surface area contributed by atoms with Crippen LogP contribution in [0.3, 0.4) is 0 Å². The molecule has 23 heavy (non-hydrogen) atoms. The van der Waals surface area contributed by atoms with Crippen LogP contribution in [0.1, 0.15) is 103 Å². The molecule has 0 unspecified atom stereocenters. The zero-order chi connectivity index (χ0) is 17.0. The molecule has 0 aliphatic heterocycles. The van der Waals surface area contributed by atoms with Gasteiger partial charge < -0.3 is 5.11 Å². The van der Waals surface area contributed by atoms with E-state index in [1.165, 1.54) is 88.6 Å². The predicted octanol–water partition coefficient (Wildman–Crippen LogP) is 7.32. The Morgan fingerprint density at radius 3 is 1.48 bits per heavy atom. The third-order valence-electron chi connectivity index (χ3n) is 3.99. The van der Waals surface area contributed by atoms with Gasteiger partial charge in [-0.15, -0.1) is 0 Å². The summed E-state index contributed by atoms with van der Waals surface area (Å²) in [4.78, 5) is 10.4. The van der Waals surface area contributed by atoms with Gasteiger partial charge in [-0.05, 0) is 19.3 Å². The van der Waals surface area contributed by atoms with E-state index in [0.29, 0.717) is 6.42 Å². The smallest absolute Gasteiger partial charge is 0.303 e. The van der Waals surface area contributed by atoms with E-state index < -0.39 is 5.97 Å². The number of carboxylic acids is 1. The minimum atomic E-state index is -0.654. The summed E-state index contributed by atoms with van der Waals surface area (Å²) in [5.74, 6) is 1.98. The lowest BCUT2D eigenvalue weighted by atomic mass is 10.0. The van der Waals surface area contributed by atoms with Gasteiger partial charge in [0.2, 0.25) is 0 Å². The van der Waals surface area contributed by atoms with Crippen molar-refractivity contribution < 1.29 is 9.90 Å². The van der Waals surface area contributed by atoms with Gasteiger partial charge in [0.15, 0.2) is 0 Å². The van der Waals surface area contributed by atoms with Gasteiger partial charge in [0.1, 0.15) is 0 Å². The molecule has 2 nitrogen and oxygen atoms in total. The van der Waals surface area contributed by atoms with Crippen molar-refractivity contribution in [2.24, 2.45) is 0 Å². The molecule has 4 heteroatoms. The molecule has 0 bridgehead atoms. The Labute approximate surface area is 152 Å². The highest BCUT2D eigenvalue weighted by molar-refractivity contribution is 8.76. The minimum Gasteiger partial charge on any atom is -0.481 e. The topological polar surface area (TPSA) is 37.3 Å². The van der Waals surface area contributed by atoms with E-state index in [4.69, 9.17) is 5.11 Å². The number of aliphatic carboxylic acids is 1. The fourth-order valence-electron chi connectivity index (χ4n) is 2.58. The van der Waals surface area contributed by atoms with E-state index in [0.717, 1.165) is 12.8 Å². The van der Waals surface area contributed by atoms with Crippen molar-refractivity contribution in [3.63, 3.8) is 0 Å². The van der Waals surface area contributed by atoms with Crippen LogP contribution in [-0.2, 0) is 4.79 Å². The van der Waals surface area contributed by atoms with Crippen LogP contribution in [0.15, 0.2) is 0 Å². The highest BCUT2D eigenvalue weighted by atomic mass is 33.1. The van der Waals surface area contributed by atoms with Gasteiger partial charge in [-0.3, -0.25) is 4.79 Å². The molecule has 1 N–H and O–H groups in total. The average Bonchev–Trinajstić information content (AvgIpc) is 2.53. The molecule has 0 aliphatic carbocycles.